The van der Waals surface area contributed by atoms with Crippen LogP contribution in [0.5, 0.6) is 0 Å². The summed E-state index contributed by atoms with van der Waals surface area (Å²) in [4.78, 5) is 12.2. The number of amides is 1. The van der Waals surface area contributed by atoms with Crippen molar-refractivity contribution < 1.29 is 4.79 Å². The molecule has 1 heterocycles. The molecule has 1 N–H and O–H groups in total. The molecule has 1 amide bonds. The summed E-state index contributed by atoms with van der Waals surface area (Å²) in [6.45, 7) is 0.490. The standard InChI is InChI=1S/C17H12BrCl2N3O/c18-13-4-1-11(2-5-13)17(24)22-15-8-21-23(10-15)9-12-3-6-14(19)7-16(12)20/h1-8,10H,9H2,(H,22,24). The van der Waals surface area contributed by atoms with Crippen LogP contribution in [0, 0.1) is 0 Å². The fraction of sp³-hybridized carbons (Fsp3) is 0.0588. The number of halogens is 3. The second-order valence-electron chi connectivity index (χ2n) is 5.12. The maximum absolute atomic E-state index is 12.2. The zero-order valence-electron chi connectivity index (χ0n) is 12.3. The van der Waals surface area contributed by atoms with E-state index in [0.29, 0.717) is 27.8 Å². The van der Waals surface area contributed by atoms with E-state index >= 15 is 0 Å². The van der Waals surface area contributed by atoms with Crippen LogP contribution in [-0.4, -0.2) is 15.7 Å². The number of hydrogen-bond donors (Lipinski definition) is 1. The third kappa shape index (κ3) is 4.17. The van der Waals surface area contributed by atoms with Crippen molar-refractivity contribution in [1.29, 1.82) is 0 Å². The quantitative estimate of drug-likeness (QED) is 0.621. The number of nitrogens with one attached hydrogen (secondary N) is 1. The molecular weight excluding hydrogens is 413 g/mol. The van der Waals surface area contributed by atoms with Gasteiger partial charge in [-0.15, -0.1) is 0 Å². The van der Waals surface area contributed by atoms with E-state index in [2.05, 4.69) is 26.3 Å². The lowest BCUT2D eigenvalue weighted by Crippen LogP contribution is -2.11. The molecule has 4 nitrogen and oxygen atoms in total. The molecule has 0 fully saturated rings. The van der Waals surface area contributed by atoms with Gasteiger partial charge in [0.25, 0.3) is 5.91 Å². The number of aromatic nitrogens is 2. The Morgan fingerprint density at radius 3 is 2.62 bits per heavy atom. The van der Waals surface area contributed by atoms with Crippen molar-refractivity contribution in [2.75, 3.05) is 5.32 Å². The van der Waals surface area contributed by atoms with Crippen LogP contribution >= 0.6 is 39.1 Å². The highest BCUT2D eigenvalue weighted by Crippen LogP contribution is 2.22. The van der Waals surface area contributed by atoms with Crippen LogP contribution in [0.1, 0.15) is 15.9 Å². The predicted octanol–water partition coefficient (Wildman–Crippen LogP) is 5.25. The van der Waals surface area contributed by atoms with Gasteiger partial charge in [-0.1, -0.05) is 45.2 Å². The van der Waals surface area contributed by atoms with Gasteiger partial charge in [0.1, 0.15) is 0 Å². The lowest BCUT2D eigenvalue weighted by Gasteiger charge is -2.05. The Morgan fingerprint density at radius 1 is 1.17 bits per heavy atom. The Bertz CT molecular complexity index is 878. The SMILES string of the molecule is O=C(Nc1cnn(Cc2ccc(Cl)cc2Cl)c1)c1ccc(Br)cc1. The minimum atomic E-state index is -0.188. The Kier molecular flexibility index (Phi) is 5.23. The molecule has 0 aliphatic heterocycles. The van der Waals surface area contributed by atoms with Crippen molar-refractivity contribution in [2.45, 2.75) is 6.54 Å². The number of hydrogen-bond acceptors (Lipinski definition) is 2. The molecule has 3 aromatic rings. The summed E-state index contributed by atoms with van der Waals surface area (Å²) in [7, 11) is 0. The van der Waals surface area contributed by atoms with Crippen LogP contribution < -0.4 is 5.32 Å². The van der Waals surface area contributed by atoms with Gasteiger partial charge in [-0.2, -0.15) is 5.10 Å². The van der Waals surface area contributed by atoms with Crippen LogP contribution in [0.15, 0.2) is 59.3 Å². The maximum atomic E-state index is 12.2. The molecule has 2 aromatic carbocycles. The summed E-state index contributed by atoms with van der Waals surface area (Å²) in [6.07, 6.45) is 3.35. The van der Waals surface area contributed by atoms with Crippen molar-refractivity contribution in [3.05, 3.63) is 80.5 Å². The van der Waals surface area contributed by atoms with Gasteiger partial charge < -0.3 is 5.32 Å². The van der Waals surface area contributed by atoms with E-state index in [0.717, 1.165) is 10.0 Å². The molecular formula is C17H12BrCl2N3O. The van der Waals surface area contributed by atoms with Gasteiger partial charge in [0.2, 0.25) is 0 Å². The van der Waals surface area contributed by atoms with Crippen molar-refractivity contribution >= 4 is 50.7 Å². The first kappa shape index (κ1) is 17.0. The first-order chi connectivity index (χ1) is 11.5. The van der Waals surface area contributed by atoms with Gasteiger partial charge in [-0.3, -0.25) is 9.48 Å². The van der Waals surface area contributed by atoms with E-state index in [1.165, 1.54) is 0 Å². The smallest absolute Gasteiger partial charge is 0.255 e. The third-order valence-corrected chi connectivity index (χ3v) is 4.46. The summed E-state index contributed by atoms with van der Waals surface area (Å²) in [6, 6.07) is 12.5. The highest BCUT2D eigenvalue weighted by Gasteiger charge is 2.08. The molecule has 0 saturated heterocycles. The van der Waals surface area contributed by atoms with Crippen molar-refractivity contribution in [1.82, 2.24) is 9.78 Å². The molecule has 0 spiro atoms. The largest absolute Gasteiger partial charge is 0.319 e. The molecule has 0 aliphatic rings. The van der Waals surface area contributed by atoms with Crippen LogP contribution in [0.2, 0.25) is 10.0 Å². The molecule has 1 aromatic heterocycles. The van der Waals surface area contributed by atoms with Crippen LogP contribution in [0.25, 0.3) is 0 Å². The molecule has 0 unspecified atom stereocenters. The number of benzene rings is 2. The van der Waals surface area contributed by atoms with Gasteiger partial charge in [0, 0.05) is 26.3 Å². The average molecular weight is 425 g/mol. The topological polar surface area (TPSA) is 46.9 Å². The van der Waals surface area contributed by atoms with Gasteiger partial charge in [-0.05, 0) is 42.0 Å². The van der Waals surface area contributed by atoms with E-state index in [1.54, 1.807) is 41.3 Å². The van der Waals surface area contributed by atoms with Crippen LogP contribution in [0.4, 0.5) is 5.69 Å². The fourth-order valence-electron chi connectivity index (χ4n) is 2.14. The summed E-state index contributed by atoms with van der Waals surface area (Å²) in [5.74, 6) is -0.188. The van der Waals surface area contributed by atoms with E-state index in [9.17, 15) is 4.79 Å². The third-order valence-electron chi connectivity index (χ3n) is 3.34. The molecule has 24 heavy (non-hydrogen) atoms. The summed E-state index contributed by atoms with van der Waals surface area (Å²) in [5, 5.41) is 8.23. The average Bonchev–Trinajstić information content (AvgIpc) is 2.98. The molecule has 122 valence electrons. The van der Waals surface area contributed by atoms with Crippen molar-refractivity contribution in [2.24, 2.45) is 0 Å². The number of anilines is 1. The monoisotopic (exact) mass is 423 g/mol. The highest BCUT2D eigenvalue weighted by molar-refractivity contribution is 9.10. The number of carbonyl (C=O) groups is 1. The summed E-state index contributed by atoms with van der Waals surface area (Å²) >= 11 is 15.4. The minimum Gasteiger partial charge on any atom is -0.319 e. The zero-order valence-corrected chi connectivity index (χ0v) is 15.4. The van der Waals surface area contributed by atoms with Crippen LogP contribution in [-0.2, 0) is 6.54 Å². The van der Waals surface area contributed by atoms with Crippen LogP contribution in [0.3, 0.4) is 0 Å². The maximum Gasteiger partial charge on any atom is 0.255 e. The van der Waals surface area contributed by atoms with Gasteiger partial charge in [0.05, 0.1) is 18.4 Å². The summed E-state index contributed by atoms with van der Waals surface area (Å²) < 4.78 is 2.62. The lowest BCUT2D eigenvalue weighted by molar-refractivity contribution is 0.102. The van der Waals surface area contributed by atoms with Gasteiger partial charge in [0.15, 0.2) is 0 Å². The normalized spacial score (nSPS) is 10.6. The lowest BCUT2D eigenvalue weighted by atomic mass is 10.2. The van der Waals surface area contributed by atoms with E-state index in [4.69, 9.17) is 23.2 Å². The van der Waals surface area contributed by atoms with E-state index in [1.807, 2.05) is 18.2 Å². The highest BCUT2D eigenvalue weighted by atomic mass is 79.9. The molecule has 0 aliphatic carbocycles. The number of nitrogens with zero attached hydrogens (tertiary/aromatic N) is 2. The first-order valence-corrected chi connectivity index (χ1v) is 8.59. The Balaban J connectivity index is 1.69. The molecule has 0 saturated carbocycles. The molecule has 0 atom stereocenters. The number of rotatable bonds is 4. The molecule has 0 radical (unpaired) electrons. The minimum absolute atomic E-state index is 0.188. The fourth-order valence-corrected chi connectivity index (χ4v) is 2.88. The first-order valence-electron chi connectivity index (χ1n) is 7.04. The Hall–Kier alpha value is -1.82. The molecule has 7 heteroatoms. The molecule has 3 rings (SSSR count). The van der Waals surface area contributed by atoms with Crippen molar-refractivity contribution in [3.8, 4) is 0 Å². The van der Waals surface area contributed by atoms with Gasteiger partial charge >= 0.3 is 0 Å². The Morgan fingerprint density at radius 2 is 1.92 bits per heavy atom. The second-order valence-corrected chi connectivity index (χ2v) is 6.88. The molecule has 0 bridgehead atoms. The second kappa shape index (κ2) is 7.38. The van der Waals surface area contributed by atoms with E-state index in [-0.39, 0.29) is 5.91 Å². The van der Waals surface area contributed by atoms with E-state index < -0.39 is 0 Å². The zero-order chi connectivity index (χ0) is 17.1. The van der Waals surface area contributed by atoms with Gasteiger partial charge in [-0.25, -0.2) is 0 Å². The summed E-state index contributed by atoms with van der Waals surface area (Å²) in [5.41, 5.74) is 2.09. The number of carbonyl (C=O) groups excluding carboxylic acids is 1. The van der Waals surface area contributed by atoms with Crippen molar-refractivity contribution in [3.63, 3.8) is 0 Å². The predicted molar refractivity (Wildman–Crippen MR) is 99.9 cm³/mol. The Labute approximate surface area is 157 Å².